The van der Waals surface area contributed by atoms with Crippen LogP contribution in [0.25, 0.3) is 12.2 Å². The van der Waals surface area contributed by atoms with E-state index in [0.29, 0.717) is 17.1 Å². The second-order valence-electron chi connectivity index (χ2n) is 16.2. The molecule has 0 spiro atoms. The van der Waals surface area contributed by atoms with E-state index in [2.05, 4.69) is 0 Å². The molecule has 2 heterocycles. The topological polar surface area (TPSA) is 123 Å². The molecule has 2 aliphatic carbocycles. The number of nitrogens with zero attached hydrogens (tertiary/aromatic N) is 2. The quantitative estimate of drug-likeness (QED) is 0.0280. The zero-order valence-electron chi connectivity index (χ0n) is 34.7. The van der Waals surface area contributed by atoms with Crippen molar-refractivity contribution >= 4 is 70.4 Å². The summed E-state index contributed by atoms with van der Waals surface area (Å²) in [6.07, 6.45) is 4.33. The van der Waals surface area contributed by atoms with Crippen molar-refractivity contribution in [3.8, 4) is 23.0 Å². The number of imide groups is 2. The first-order chi connectivity index (χ1) is 31.5. The van der Waals surface area contributed by atoms with Gasteiger partial charge in [-0.2, -0.15) is 0 Å². The van der Waals surface area contributed by atoms with Crippen LogP contribution in [0.4, 0.5) is 33.3 Å². The number of hydrogen-bond donors (Lipinski definition) is 1. The summed E-state index contributed by atoms with van der Waals surface area (Å²) in [5.41, 5.74) is 0.536. The number of phenolic OH excluding ortho intramolecular Hbond substituents is 1. The van der Waals surface area contributed by atoms with Gasteiger partial charge in [-0.25, -0.2) is 26.9 Å². The molecular formula is C49H35Cl2F5N2O8. The molecule has 0 bridgehead atoms. The highest BCUT2D eigenvalue weighted by atomic mass is 35.5. The average Bonchev–Trinajstić information content (AvgIpc) is 3.66. The Balaban J connectivity index is 1.10. The monoisotopic (exact) mass is 944 g/mol. The lowest BCUT2D eigenvalue weighted by atomic mass is 9.56. The molecule has 338 valence electrons. The van der Waals surface area contributed by atoms with Crippen LogP contribution in [0.15, 0.2) is 103 Å². The Labute approximate surface area is 383 Å². The third-order valence-electron chi connectivity index (χ3n) is 12.8. The maximum atomic E-state index is 15.5. The Hall–Kier alpha value is -6.71. The highest BCUT2D eigenvalue weighted by Gasteiger charge is 2.77. The summed E-state index contributed by atoms with van der Waals surface area (Å²) in [4.78, 5) is 53.4. The van der Waals surface area contributed by atoms with Gasteiger partial charge in [0, 0.05) is 23.1 Å². The van der Waals surface area contributed by atoms with Crippen LogP contribution in [-0.2, 0) is 25.8 Å². The second-order valence-corrected chi connectivity index (χ2v) is 17.5. The summed E-state index contributed by atoms with van der Waals surface area (Å²) in [5, 5.41) is 11.7. The molecule has 66 heavy (non-hydrogen) atoms. The normalized spacial score (nSPS) is 24.7. The molecule has 10 nitrogen and oxygen atoms in total. The lowest BCUT2D eigenvalue weighted by molar-refractivity contribution is -0.125. The number of benzene rings is 5. The number of hydrogen-bond acceptors (Lipinski definition) is 8. The number of halogens is 7. The molecule has 2 aliphatic heterocycles. The minimum Gasteiger partial charge on any atom is -0.508 e. The summed E-state index contributed by atoms with van der Waals surface area (Å²) in [6, 6.07) is 24.8. The van der Waals surface area contributed by atoms with Gasteiger partial charge in [-0.05, 0) is 66.3 Å². The molecule has 0 aromatic heterocycles. The van der Waals surface area contributed by atoms with Crippen LogP contribution in [0.1, 0.15) is 41.0 Å². The zero-order chi connectivity index (χ0) is 47.0. The van der Waals surface area contributed by atoms with Crippen LogP contribution >= 0.6 is 23.2 Å². The number of amides is 4. The predicted molar refractivity (Wildman–Crippen MR) is 233 cm³/mol. The molecule has 1 N–H and O–H groups in total. The number of aromatic hydroxyl groups is 1. The number of ether oxygens (including phenoxy) is 3. The van der Waals surface area contributed by atoms with Crippen molar-refractivity contribution in [2.75, 3.05) is 24.0 Å². The third kappa shape index (κ3) is 6.73. The molecule has 17 heteroatoms. The van der Waals surface area contributed by atoms with Crippen molar-refractivity contribution in [3.05, 3.63) is 154 Å². The Morgan fingerprint density at radius 1 is 0.727 bits per heavy atom. The minimum atomic E-state index is -2.82. The summed E-state index contributed by atoms with van der Waals surface area (Å²) in [6.45, 7) is 0.0814. The number of fused-ring (bicyclic) bond motifs is 4. The number of carbonyl (C=O) groups is 4. The van der Waals surface area contributed by atoms with Crippen molar-refractivity contribution in [2.45, 2.75) is 35.1 Å². The molecular weight excluding hydrogens is 910 g/mol. The second kappa shape index (κ2) is 16.6. The van der Waals surface area contributed by atoms with E-state index in [1.807, 2.05) is 6.07 Å². The molecule has 1 saturated carbocycles. The number of rotatable bonds is 10. The number of carbonyl (C=O) groups excluding carboxylic acids is 4. The average molecular weight is 946 g/mol. The van der Waals surface area contributed by atoms with E-state index >= 15 is 8.78 Å². The first-order valence-corrected chi connectivity index (χ1v) is 21.2. The molecule has 6 atom stereocenters. The van der Waals surface area contributed by atoms with Crippen LogP contribution in [0.5, 0.6) is 23.0 Å². The van der Waals surface area contributed by atoms with E-state index in [4.69, 9.17) is 37.4 Å². The van der Waals surface area contributed by atoms with Gasteiger partial charge >= 0.3 is 0 Å². The van der Waals surface area contributed by atoms with Gasteiger partial charge in [-0.1, -0.05) is 72.3 Å². The summed E-state index contributed by atoms with van der Waals surface area (Å²) in [7, 11) is 3.07. The fourth-order valence-corrected chi connectivity index (χ4v) is 10.6. The molecule has 2 saturated heterocycles. The smallest absolute Gasteiger partial charge is 0.258 e. The number of alkyl halides is 2. The van der Waals surface area contributed by atoms with E-state index in [9.17, 15) is 37.5 Å². The maximum Gasteiger partial charge on any atom is 0.258 e. The molecule has 9 rings (SSSR count). The van der Waals surface area contributed by atoms with Gasteiger partial charge in [0.15, 0.2) is 33.0 Å². The number of allylic oxidation sites excluding steroid dienone is 2. The lowest BCUT2D eigenvalue weighted by Gasteiger charge is -2.50. The van der Waals surface area contributed by atoms with Gasteiger partial charge in [-0.3, -0.25) is 24.1 Å². The number of phenols is 1. The van der Waals surface area contributed by atoms with Gasteiger partial charge in [0.1, 0.15) is 35.3 Å². The SMILES string of the molecule is COc1ccc(OC)c(C=Cc2ccc(N3C(=O)[C@H]4[C@H](CC=C5[C@H]4C[C@@]4(Cl)C(=O)N(c6c(F)c(F)c(F)c(F)c6F)C(=O)[C@@]4(Cl)[C@H]5c4ccc(OCc5ccccc5)cc4O)C3=O)cc2)c1. The van der Waals surface area contributed by atoms with E-state index in [-0.39, 0.29) is 40.5 Å². The lowest BCUT2D eigenvalue weighted by Crippen LogP contribution is -2.60. The minimum absolute atomic E-state index is 0.0814. The first kappa shape index (κ1) is 44.5. The van der Waals surface area contributed by atoms with E-state index in [0.717, 1.165) is 16.0 Å². The molecule has 4 aliphatic rings. The van der Waals surface area contributed by atoms with Gasteiger partial charge < -0.3 is 19.3 Å². The highest BCUT2D eigenvalue weighted by Crippen LogP contribution is 2.67. The van der Waals surface area contributed by atoms with Crippen molar-refractivity contribution in [1.29, 1.82) is 0 Å². The summed E-state index contributed by atoms with van der Waals surface area (Å²) < 4.78 is 91.3. The van der Waals surface area contributed by atoms with Gasteiger partial charge in [0.2, 0.25) is 17.6 Å². The predicted octanol–water partition coefficient (Wildman–Crippen LogP) is 9.62. The summed E-state index contributed by atoms with van der Waals surface area (Å²) in [5.74, 6) is -21.4. The largest absolute Gasteiger partial charge is 0.508 e. The molecule has 5 aromatic rings. The first-order valence-electron chi connectivity index (χ1n) is 20.4. The van der Waals surface area contributed by atoms with Crippen molar-refractivity contribution in [2.24, 2.45) is 17.8 Å². The Morgan fingerprint density at radius 3 is 2.05 bits per heavy atom. The Kier molecular flexibility index (Phi) is 11.2. The van der Waals surface area contributed by atoms with E-state index < -0.39 is 104 Å². The van der Waals surface area contributed by atoms with Gasteiger partial charge in [-0.15, -0.1) is 23.2 Å². The highest BCUT2D eigenvalue weighted by molar-refractivity contribution is 6.58. The van der Waals surface area contributed by atoms with Crippen molar-refractivity contribution < 1.29 is 60.4 Å². The van der Waals surface area contributed by atoms with Crippen LogP contribution in [0.2, 0.25) is 0 Å². The van der Waals surface area contributed by atoms with Crippen molar-refractivity contribution in [3.63, 3.8) is 0 Å². The fraction of sp³-hybridized carbons (Fsp3) is 0.224. The van der Waals surface area contributed by atoms with Crippen molar-refractivity contribution in [1.82, 2.24) is 0 Å². The number of methoxy groups -OCH3 is 2. The molecule has 0 unspecified atom stereocenters. The Bertz CT molecular complexity index is 2910. The summed E-state index contributed by atoms with van der Waals surface area (Å²) >= 11 is 14.5. The molecule has 3 fully saturated rings. The van der Waals surface area contributed by atoms with Gasteiger partial charge in [0.25, 0.3) is 11.8 Å². The van der Waals surface area contributed by atoms with Crippen LogP contribution < -0.4 is 24.0 Å². The molecule has 0 radical (unpaired) electrons. The molecule has 4 amide bonds. The third-order valence-corrected chi connectivity index (χ3v) is 14.2. The van der Waals surface area contributed by atoms with E-state index in [1.54, 1.807) is 85.0 Å². The Morgan fingerprint density at radius 2 is 1.39 bits per heavy atom. The standard InChI is InChI=1S/C49H35Cl2F5N2O8/c1-64-28-15-19-35(65-2)26(20-28)11-8-24-9-12-27(13-10-24)57-44(60)32-18-17-30-33(36(32)45(57)61)22-48(50)46(62)58(43-41(55)39(53)38(52)40(54)42(43)56)47(63)49(48,51)37(30)31-16-14-29(21-34(31)59)66-23-25-6-4-3-5-7-25/h3-17,19-21,32-33,36-37,59H,18,22-23H2,1-2H3/t32-,33+,36-,37+,48+,49-/m0/s1. The number of anilines is 2. The van der Waals surface area contributed by atoms with Crippen LogP contribution in [0.3, 0.4) is 0 Å². The van der Waals surface area contributed by atoms with Gasteiger partial charge in [0.05, 0.1) is 31.7 Å². The van der Waals surface area contributed by atoms with E-state index in [1.165, 1.54) is 32.4 Å². The van der Waals surface area contributed by atoms with Crippen LogP contribution in [0, 0.1) is 46.8 Å². The fourth-order valence-electron chi connectivity index (χ4n) is 9.66. The maximum absolute atomic E-state index is 15.5. The van der Waals surface area contributed by atoms with Crippen LogP contribution in [-0.4, -0.2) is 52.7 Å². The zero-order valence-corrected chi connectivity index (χ0v) is 36.2. The molecule has 5 aromatic carbocycles.